The summed E-state index contributed by atoms with van der Waals surface area (Å²) in [5.41, 5.74) is 3.49. The van der Waals surface area contributed by atoms with Crippen molar-refractivity contribution in [3.63, 3.8) is 0 Å². The van der Waals surface area contributed by atoms with Crippen molar-refractivity contribution in [3.8, 4) is 11.5 Å². The molecule has 0 fully saturated rings. The van der Waals surface area contributed by atoms with Crippen LogP contribution in [0, 0.1) is 6.92 Å². The first-order valence-corrected chi connectivity index (χ1v) is 8.81. The van der Waals surface area contributed by atoms with Gasteiger partial charge in [-0.25, -0.2) is 0 Å². The number of amides is 1. The summed E-state index contributed by atoms with van der Waals surface area (Å²) < 4.78 is 17.2. The Kier molecular flexibility index (Phi) is 4.07. The van der Waals surface area contributed by atoms with Gasteiger partial charge in [-0.05, 0) is 45.0 Å². The van der Waals surface area contributed by atoms with Gasteiger partial charge in [0.2, 0.25) is 0 Å². The number of fused-ring (bicyclic) bond motifs is 2. The van der Waals surface area contributed by atoms with E-state index in [4.69, 9.17) is 13.9 Å². The second-order valence-electron chi connectivity index (χ2n) is 6.63. The highest BCUT2D eigenvalue weighted by atomic mass is 16.5. The average Bonchev–Trinajstić information content (AvgIpc) is 3.17. The fourth-order valence-electron chi connectivity index (χ4n) is 3.27. The van der Waals surface area contributed by atoms with Crippen LogP contribution < -0.4 is 14.8 Å². The molecule has 1 N–H and O–H groups in total. The molecule has 4 rings (SSSR count). The Morgan fingerprint density at radius 2 is 2.12 bits per heavy atom. The number of rotatable bonds is 4. The smallest absolute Gasteiger partial charge is 0.291 e. The van der Waals surface area contributed by atoms with Gasteiger partial charge in [-0.2, -0.15) is 0 Å². The Hall–Kier alpha value is -2.95. The highest BCUT2D eigenvalue weighted by Gasteiger charge is 2.23. The monoisotopic (exact) mass is 351 g/mol. The van der Waals surface area contributed by atoms with E-state index in [1.807, 2.05) is 51.1 Å². The normalized spacial score (nSPS) is 15.6. The molecule has 1 amide bonds. The Morgan fingerprint density at radius 1 is 1.27 bits per heavy atom. The molecule has 0 saturated heterocycles. The topological polar surface area (TPSA) is 60.7 Å². The molecule has 5 nitrogen and oxygen atoms in total. The minimum absolute atomic E-state index is 0.129. The molecule has 1 atom stereocenters. The van der Waals surface area contributed by atoms with E-state index in [1.54, 1.807) is 6.07 Å². The molecule has 1 unspecified atom stereocenters. The number of hydrogen-bond acceptors (Lipinski definition) is 4. The molecular formula is C21H21NO4. The predicted molar refractivity (Wildman–Crippen MR) is 100 cm³/mol. The zero-order valence-corrected chi connectivity index (χ0v) is 15.1. The van der Waals surface area contributed by atoms with E-state index >= 15 is 0 Å². The molecule has 0 spiro atoms. The molecule has 5 heteroatoms. The molecule has 0 bridgehead atoms. The van der Waals surface area contributed by atoms with E-state index in [-0.39, 0.29) is 17.8 Å². The highest BCUT2D eigenvalue weighted by Crippen LogP contribution is 2.38. The third kappa shape index (κ3) is 3.01. The van der Waals surface area contributed by atoms with Gasteiger partial charge >= 0.3 is 0 Å². The van der Waals surface area contributed by atoms with Gasteiger partial charge in [0.15, 0.2) is 5.76 Å². The number of carbonyl (C=O) groups is 1. The second kappa shape index (κ2) is 6.41. The lowest BCUT2D eigenvalue weighted by molar-refractivity contribution is 0.0998. The summed E-state index contributed by atoms with van der Waals surface area (Å²) >= 11 is 0. The Morgan fingerprint density at radius 3 is 2.92 bits per heavy atom. The average molecular weight is 351 g/mol. The van der Waals surface area contributed by atoms with Crippen molar-refractivity contribution in [2.45, 2.75) is 33.3 Å². The van der Waals surface area contributed by atoms with Crippen molar-refractivity contribution in [2.75, 3.05) is 11.9 Å². The zero-order chi connectivity index (χ0) is 18.3. The van der Waals surface area contributed by atoms with E-state index in [1.165, 1.54) is 0 Å². The lowest BCUT2D eigenvalue weighted by atomic mass is 10.1. The number of nitrogens with one attached hydrogen (secondary N) is 1. The summed E-state index contributed by atoms with van der Waals surface area (Å²) in [6.07, 6.45) is 0.969. The van der Waals surface area contributed by atoms with Gasteiger partial charge < -0.3 is 19.2 Å². The standard InChI is InChI=1S/C21H21NO4/c1-4-24-19-9-15-8-13(3)25-18(15)11-16(19)22-21(23)20-10-14-7-12(2)5-6-17(14)26-20/h5-7,9-11,13H,4,8H2,1-3H3,(H,22,23). The fourth-order valence-corrected chi connectivity index (χ4v) is 3.27. The summed E-state index contributed by atoms with van der Waals surface area (Å²) in [5, 5.41) is 3.80. The van der Waals surface area contributed by atoms with Crippen LogP contribution in [0.15, 0.2) is 40.8 Å². The first-order chi connectivity index (χ1) is 12.5. The molecule has 134 valence electrons. The second-order valence-corrected chi connectivity index (χ2v) is 6.63. The molecule has 0 radical (unpaired) electrons. The summed E-state index contributed by atoms with van der Waals surface area (Å²) in [4.78, 5) is 12.7. The summed E-state index contributed by atoms with van der Waals surface area (Å²) in [6.45, 7) is 6.46. The largest absolute Gasteiger partial charge is 0.492 e. The van der Waals surface area contributed by atoms with Gasteiger partial charge in [0, 0.05) is 23.4 Å². The van der Waals surface area contributed by atoms with E-state index < -0.39 is 0 Å². The minimum atomic E-state index is -0.314. The molecule has 3 aromatic rings. The van der Waals surface area contributed by atoms with Crippen molar-refractivity contribution in [1.29, 1.82) is 0 Å². The van der Waals surface area contributed by atoms with E-state index in [2.05, 4.69) is 5.32 Å². The van der Waals surface area contributed by atoms with E-state index in [0.29, 0.717) is 23.6 Å². The van der Waals surface area contributed by atoms with Crippen molar-refractivity contribution >= 4 is 22.6 Å². The Balaban J connectivity index is 1.65. The zero-order valence-electron chi connectivity index (χ0n) is 15.1. The fraction of sp³-hybridized carbons (Fsp3) is 0.286. The van der Waals surface area contributed by atoms with Crippen LogP contribution in [0.1, 0.15) is 35.5 Å². The SMILES string of the molecule is CCOc1cc2c(cc1NC(=O)c1cc3cc(C)ccc3o1)OC(C)C2. The van der Waals surface area contributed by atoms with Crippen molar-refractivity contribution in [1.82, 2.24) is 0 Å². The maximum absolute atomic E-state index is 12.7. The van der Waals surface area contributed by atoms with E-state index in [9.17, 15) is 4.79 Å². The first-order valence-electron chi connectivity index (χ1n) is 8.81. The summed E-state index contributed by atoms with van der Waals surface area (Å²) in [6, 6.07) is 11.3. The van der Waals surface area contributed by atoms with Gasteiger partial charge in [0.1, 0.15) is 23.2 Å². The quantitative estimate of drug-likeness (QED) is 0.739. The van der Waals surface area contributed by atoms with Gasteiger partial charge in [-0.3, -0.25) is 4.79 Å². The predicted octanol–water partition coefficient (Wildman–Crippen LogP) is 4.72. The van der Waals surface area contributed by atoms with Crippen molar-refractivity contribution < 1.29 is 18.7 Å². The molecule has 0 aliphatic carbocycles. The molecule has 2 heterocycles. The van der Waals surface area contributed by atoms with Crippen LogP contribution in [0.2, 0.25) is 0 Å². The Bertz CT molecular complexity index is 989. The molecule has 0 saturated carbocycles. The number of hydrogen-bond donors (Lipinski definition) is 1. The van der Waals surface area contributed by atoms with Gasteiger partial charge in [-0.15, -0.1) is 0 Å². The van der Waals surface area contributed by atoms with Crippen LogP contribution in [-0.4, -0.2) is 18.6 Å². The number of anilines is 1. The first kappa shape index (κ1) is 16.5. The maximum atomic E-state index is 12.7. The third-order valence-electron chi connectivity index (χ3n) is 4.44. The maximum Gasteiger partial charge on any atom is 0.291 e. The number of furan rings is 1. The van der Waals surface area contributed by atoms with Crippen molar-refractivity contribution in [2.24, 2.45) is 0 Å². The van der Waals surface area contributed by atoms with Crippen molar-refractivity contribution in [3.05, 3.63) is 53.3 Å². The number of ether oxygens (including phenoxy) is 2. The molecular weight excluding hydrogens is 330 g/mol. The molecule has 1 aromatic heterocycles. The molecule has 1 aliphatic rings. The summed E-state index contributed by atoms with van der Waals surface area (Å²) in [5.74, 6) is 1.38. The third-order valence-corrected chi connectivity index (χ3v) is 4.44. The van der Waals surface area contributed by atoms with E-state index in [0.717, 1.165) is 28.7 Å². The van der Waals surface area contributed by atoms with Crippen LogP contribution in [0.4, 0.5) is 5.69 Å². The molecule has 1 aliphatic heterocycles. The van der Waals surface area contributed by atoms with Crippen LogP contribution in [-0.2, 0) is 6.42 Å². The molecule has 2 aromatic carbocycles. The molecule has 26 heavy (non-hydrogen) atoms. The lowest BCUT2D eigenvalue weighted by Gasteiger charge is -2.13. The van der Waals surface area contributed by atoms with Crippen LogP contribution in [0.5, 0.6) is 11.5 Å². The van der Waals surface area contributed by atoms with Gasteiger partial charge in [0.25, 0.3) is 5.91 Å². The Labute approximate surface area is 151 Å². The van der Waals surface area contributed by atoms with Gasteiger partial charge in [-0.1, -0.05) is 11.6 Å². The minimum Gasteiger partial charge on any atom is -0.492 e. The number of benzene rings is 2. The lowest BCUT2D eigenvalue weighted by Crippen LogP contribution is -2.12. The number of aryl methyl sites for hydroxylation is 1. The van der Waals surface area contributed by atoms with Crippen LogP contribution >= 0.6 is 0 Å². The number of carbonyl (C=O) groups excluding carboxylic acids is 1. The van der Waals surface area contributed by atoms with Crippen LogP contribution in [0.3, 0.4) is 0 Å². The summed E-state index contributed by atoms with van der Waals surface area (Å²) in [7, 11) is 0. The highest BCUT2D eigenvalue weighted by molar-refractivity contribution is 6.05. The van der Waals surface area contributed by atoms with Gasteiger partial charge in [0.05, 0.1) is 12.3 Å². The van der Waals surface area contributed by atoms with Crippen LogP contribution in [0.25, 0.3) is 11.0 Å².